The van der Waals surface area contributed by atoms with Crippen molar-refractivity contribution in [1.82, 2.24) is 4.90 Å². The molecule has 0 aliphatic heterocycles. The molecule has 0 N–H and O–H groups in total. The highest BCUT2D eigenvalue weighted by atomic mass is 32.1. The summed E-state index contributed by atoms with van der Waals surface area (Å²) < 4.78 is 5.72. The summed E-state index contributed by atoms with van der Waals surface area (Å²) in [7, 11) is 1.80. The van der Waals surface area contributed by atoms with Crippen LogP contribution in [-0.4, -0.2) is 31.0 Å². The Morgan fingerprint density at radius 3 is 2.55 bits per heavy atom. The second-order valence-corrected chi connectivity index (χ2v) is 5.82. The quantitative estimate of drug-likeness (QED) is 0.843. The molecule has 1 aromatic carbocycles. The number of hydrogen-bond acceptors (Lipinski definition) is 3. The number of nitrogens with zero attached hydrogens (tertiary/aromatic N) is 1. The van der Waals surface area contributed by atoms with E-state index in [2.05, 4.69) is 6.07 Å². The highest BCUT2D eigenvalue weighted by Gasteiger charge is 2.12. The summed E-state index contributed by atoms with van der Waals surface area (Å²) >= 11 is 1.46. The Kier molecular flexibility index (Phi) is 4.79. The van der Waals surface area contributed by atoms with E-state index in [4.69, 9.17) is 4.74 Å². The van der Waals surface area contributed by atoms with Gasteiger partial charge in [0.1, 0.15) is 12.4 Å². The van der Waals surface area contributed by atoms with E-state index < -0.39 is 0 Å². The Labute approximate surface area is 123 Å². The molecule has 0 radical (unpaired) electrons. The van der Waals surface area contributed by atoms with Gasteiger partial charge in [-0.15, -0.1) is 11.3 Å². The fraction of sp³-hybridized carbons (Fsp3) is 0.312. The normalized spacial score (nSPS) is 10.3. The lowest BCUT2D eigenvalue weighted by Gasteiger charge is -2.17. The lowest BCUT2D eigenvalue weighted by atomic mass is 10.1. The first-order valence-corrected chi connectivity index (χ1v) is 7.44. The van der Waals surface area contributed by atoms with Crippen molar-refractivity contribution in [3.05, 3.63) is 51.7 Å². The van der Waals surface area contributed by atoms with Gasteiger partial charge in [0.2, 0.25) is 0 Å². The number of carbonyl (C=O) groups is 1. The summed E-state index contributed by atoms with van der Waals surface area (Å²) in [6.45, 7) is 5.17. The van der Waals surface area contributed by atoms with Gasteiger partial charge in [0, 0.05) is 7.05 Å². The van der Waals surface area contributed by atoms with Crippen molar-refractivity contribution < 1.29 is 9.53 Å². The Bertz CT molecular complexity index is 558. The molecule has 3 nitrogen and oxygen atoms in total. The highest BCUT2D eigenvalue weighted by molar-refractivity contribution is 7.12. The molecular formula is C16H19NO2S. The maximum Gasteiger partial charge on any atom is 0.263 e. The largest absolute Gasteiger partial charge is 0.492 e. The zero-order valence-corrected chi connectivity index (χ0v) is 12.9. The van der Waals surface area contributed by atoms with Crippen LogP contribution in [0.15, 0.2) is 35.7 Å². The monoisotopic (exact) mass is 289 g/mol. The predicted octanol–water partition coefficient (Wildman–Crippen LogP) is 3.52. The van der Waals surface area contributed by atoms with Crippen LogP contribution in [0.4, 0.5) is 0 Å². The zero-order valence-electron chi connectivity index (χ0n) is 12.1. The molecule has 0 unspecified atom stereocenters. The minimum absolute atomic E-state index is 0.0454. The van der Waals surface area contributed by atoms with E-state index in [0.717, 1.165) is 10.6 Å². The van der Waals surface area contributed by atoms with Crippen LogP contribution in [-0.2, 0) is 0 Å². The molecule has 0 atom stereocenters. The van der Waals surface area contributed by atoms with Crippen molar-refractivity contribution in [3.8, 4) is 5.75 Å². The van der Waals surface area contributed by atoms with Crippen molar-refractivity contribution >= 4 is 17.2 Å². The smallest absolute Gasteiger partial charge is 0.263 e. The molecule has 0 aliphatic rings. The van der Waals surface area contributed by atoms with Crippen LogP contribution in [0.3, 0.4) is 0 Å². The van der Waals surface area contributed by atoms with Gasteiger partial charge in [0.05, 0.1) is 11.4 Å². The number of hydrogen-bond donors (Lipinski definition) is 0. The van der Waals surface area contributed by atoms with E-state index in [1.807, 2.05) is 43.5 Å². The lowest BCUT2D eigenvalue weighted by Crippen LogP contribution is -2.30. The maximum absolute atomic E-state index is 12.0. The van der Waals surface area contributed by atoms with Gasteiger partial charge in [-0.05, 0) is 48.6 Å². The molecule has 1 amide bonds. The van der Waals surface area contributed by atoms with E-state index in [0.29, 0.717) is 13.2 Å². The van der Waals surface area contributed by atoms with Crippen molar-refractivity contribution in [2.45, 2.75) is 13.8 Å². The van der Waals surface area contributed by atoms with Gasteiger partial charge >= 0.3 is 0 Å². The van der Waals surface area contributed by atoms with Gasteiger partial charge in [0.25, 0.3) is 5.91 Å². The Balaban J connectivity index is 1.85. The number of likely N-dealkylation sites (N-methyl/N-ethyl adjacent to an activating group) is 1. The fourth-order valence-electron chi connectivity index (χ4n) is 2.01. The minimum atomic E-state index is 0.0454. The predicted molar refractivity (Wildman–Crippen MR) is 82.7 cm³/mol. The van der Waals surface area contributed by atoms with Crippen LogP contribution in [0, 0.1) is 13.8 Å². The van der Waals surface area contributed by atoms with Crippen LogP contribution in [0.25, 0.3) is 0 Å². The first-order chi connectivity index (χ1) is 9.56. The highest BCUT2D eigenvalue weighted by Crippen LogP contribution is 2.16. The van der Waals surface area contributed by atoms with E-state index in [9.17, 15) is 4.79 Å². The number of ether oxygens (including phenoxy) is 1. The minimum Gasteiger partial charge on any atom is -0.492 e. The molecule has 20 heavy (non-hydrogen) atoms. The average molecular weight is 289 g/mol. The van der Waals surface area contributed by atoms with Gasteiger partial charge in [-0.3, -0.25) is 4.79 Å². The van der Waals surface area contributed by atoms with E-state index in [1.165, 1.54) is 22.5 Å². The fourth-order valence-corrected chi connectivity index (χ4v) is 2.72. The summed E-state index contributed by atoms with van der Waals surface area (Å²) in [6, 6.07) is 9.85. The average Bonchev–Trinajstić information content (AvgIpc) is 2.90. The number of amides is 1. The number of thiophene rings is 1. The Morgan fingerprint density at radius 1 is 1.25 bits per heavy atom. The molecule has 2 aromatic rings. The molecule has 0 saturated carbocycles. The second kappa shape index (κ2) is 6.57. The van der Waals surface area contributed by atoms with Crippen molar-refractivity contribution in [2.75, 3.05) is 20.2 Å². The summed E-state index contributed by atoms with van der Waals surface area (Å²) in [6.07, 6.45) is 0. The molecule has 1 aromatic heterocycles. The number of rotatable bonds is 5. The Morgan fingerprint density at radius 2 is 1.95 bits per heavy atom. The zero-order chi connectivity index (χ0) is 14.5. The van der Waals surface area contributed by atoms with Gasteiger partial charge in [-0.25, -0.2) is 0 Å². The molecule has 2 rings (SSSR count). The van der Waals surface area contributed by atoms with Crippen molar-refractivity contribution in [3.63, 3.8) is 0 Å². The van der Waals surface area contributed by atoms with Crippen LogP contribution in [0.2, 0.25) is 0 Å². The molecule has 0 spiro atoms. The van der Waals surface area contributed by atoms with E-state index in [1.54, 1.807) is 11.9 Å². The Hall–Kier alpha value is -1.81. The molecule has 0 saturated heterocycles. The summed E-state index contributed by atoms with van der Waals surface area (Å²) in [5, 5.41) is 1.91. The SMILES string of the molecule is Cc1cc(C)cc(OCCN(C)C(=O)c2cccs2)c1. The maximum atomic E-state index is 12.0. The molecule has 0 fully saturated rings. The molecule has 0 aliphatic carbocycles. The summed E-state index contributed by atoms with van der Waals surface area (Å²) in [5.74, 6) is 0.906. The third kappa shape index (κ3) is 3.84. The first-order valence-electron chi connectivity index (χ1n) is 6.56. The third-order valence-corrected chi connectivity index (χ3v) is 3.83. The lowest BCUT2D eigenvalue weighted by molar-refractivity contribution is 0.0778. The van der Waals surface area contributed by atoms with Gasteiger partial charge in [-0.2, -0.15) is 0 Å². The summed E-state index contributed by atoms with van der Waals surface area (Å²) in [4.78, 5) is 14.5. The number of aryl methyl sites for hydroxylation is 2. The van der Waals surface area contributed by atoms with Crippen molar-refractivity contribution in [2.24, 2.45) is 0 Å². The number of carbonyl (C=O) groups excluding carboxylic acids is 1. The molecular weight excluding hydrogens is 270 g/mol. The van der Waals surface area contributed by atoms with Gasteiger partial charge in [0.15, 0.2) is 0 Å². The molecule has 1 heterocycles. The summed E-state index contributed by atoms with van der Waals surface area (Å²) in [5.41, 5.74) is 2.37. The van der Waals surface area contributed by atoms with Gasteiger partial charge in [-0.1, -0.05) is 12.1 Å². The van der Waals surface area contributed by atoms with E-state index in [-0.39, 0.29) is 5.91 Å². The van der Waals surface area contributed by atoms with Crippen LogP contribution in [0.5, 0.6) is 5.75 Å². The van der Waals surface area contributed by atoms with Gasteiger partial charge < -0.3 is 9.64 Å². The molecule has 0 bridgehead atoms. The second-order valence-electron chi connectivity index (χ2n) is 4.88. The number of benzene rings is 1. The molecule has 106 valence electrons. The van der Waals surface area contributed by atoms with Crippen LogP contribution in [0.1, 0.15) is 20.8 Å². The van der Waals surface area contributed by atoms with Crippen LogP contribution < -0.4 is 4.74 Å². The third-order valence-electron chi connectivity index (χ3n) is 2.97. The standard InChI is InChI=1S/C16H19NO2S/c1-12-9-13(2)11-14(10-12)19-7-6-17(3)16(18)15-5-4-8-20-15/h4-5,8-11H,6-7H2,1-3H3. The first kappa shape index (κ1) is 14.6. The molecule has 4 heteroatoms. The van der Waals surface area contributed by atoms with Crippen LogP contribution >= 0.6 is 11.3 Å². The van der Waals surface area contributed by atoms with E-state index >= 15 is 0 Å². The topological polar surface area (TPSA) is 29.5 Å². The van der Waals surface area contributed by atoms with Crippen molar-refractivity contribution in [1.29, 1.82) is 0 Å².